The van der Waals surface area contributed by atoms with Crippen LogP contribution in [0.1, 0.15) is 57.0 Å². The van der Waals surface area contributed by atoms with Gasteiger partial charge in [-0.2, -0.15) is 0 Å². The van der Waals surface area contributed by atoms with Gasteiger partial charge in [-0.15, -0.1) is 11.8 Å². The summed E-state index contributed by atoms with van der Waals surface area (Å²) in [5, 5.41) is 0. The van der Waals surface area contributed by atoms with Crippen LogP contribution >= 0.6 is 11.8 Å². The molecule has 0 unspecified atom stereocenters. The Balaban J connectivity index is 2.27. The van der Waals surface area contributed by atoms with Gasteiger partial charge in [0.1, 0.15) is 11.5 Å². The highest BCUT2D eigenvalue weighted by Gasteiger charge is 2.28. The van der Waals surface area contributed by atoms with Crippen LogP contribution in [0.4, 0.5) is 0 Å². The van der Waals surface area contributed by atoms with Crippen LogP contribution in [0.2, 0.25) is 0 Å². The highest BCUT2D eigenvalue weighted by Crippen LogP contribution is 2.48. The summed E-state index contributed by atoms with van der Waals surface area (Å²) in [7, 11) is 0. The summed E-state index contributed by atoms with van der Waals surface area (Å²) in [5.41, 5.74) is 12.3. The first-order valence-corrected chi connectivity index (χ1v) is 9.80. The van der Waals surface area contributed by atoms with Gasteiger partial charge < -0.3 is 4.74 Å². The molecule has 0 atom stereocenters. The summed E-state index contributed by atoms with van der Waals surface area (Å²) < 4.78 is 6.54. The molecule has 0 spiro atoms. The van der Waals surface area contributed by atoms with Crippen molar-refractivity contribution in [1.29, 1.82) is 0 Å². The molecule has 0 amide bonds. The third-order valence-electron chi connectivity index (χ3n) is 5.91. The Kier molecular flexibility index (Phi) is 4.46. The number of benzene rings is 2. The molecule has 24 heavy (non-hydrogen) atoms. The molecule has 0 aromatic heterocycles. The summed E-state index contributed by atoms with van der Waals surface area (Å²) in [4.78, 5) is 1.44. The lowest BCUT2D eigenvalue weighted by Crippen LogP contribution is -2.13. The molecule has 2 aromatic rings. The second-order valence-electron chi connectivity index (χ2n) is 7.03. The molecule has 1 aliphatic rings. The van der Waals surface area contributed by atoms with E-state index in [4.69, 9.17) is 4.74 Å². The van der Waals surface area contributed by atoms with E-state index in [-0.39, 0.29) is 0 Å². The molecule has 1 aliphatic heterocycles. The SMILES string of the molecule is CCSc1c(C)c(C)c2c(c1C)Cc1c(C)c(C)c(C)c(C)c1O2. The summed E-state index contributed by atoms with van der Waals surface area (Å²) in [6.07, 6.45) is 0.989. The Morgan fingerprint density at radius 1 is 0.667 bits per heavy atom. The largest absolute Gasteiger partial charge is 0.456 e. The maximum atomic E-state index is 6.54. The van der Waals surface area contributed by atoms with Crippen LogP contribution in [0.5, 0.6) is 11.5 Å². The second kappa shape index (κ2) is 6.15. The summed E-state index contributed by atoms with van der Waals surface area (Å²) >= 11 is 1.95. The van der Waals surface area contributed by atoms with Crippen molar-refractivity contribution >= 4 is 11.8 Å². The first-order valence-electron chi connectivity index (χ1n) is 8.82. The van der Waals surface area contributed by atoms with E-state index >= 15 is 0 Å². The van der Waals surface area contributed by atoms with Gasteiger partial charge >= 0.3 is 0 Å². The van der Waals surface area contributed by atoms with Gasteiger partial charge in [-0.1, -0.05) is 6.92 Å². The maximum Gasteiger partial charge on any atom is 0.134 e. The molecule has 1 heterocycles. The monoisotopic (exact) mass is 340 g/mol. The van der Waals surface area contributed by atoms with Crippen LogP contribution in [0.3, 0.4) is 0 Å². The zero-order valence-corrected chi connectivity index (χ0v) is 17.0. The van der Waals surface area contributed by atoms with E-state index < -0.39 is 0 Å². The van der Waals surface area contributed by atoms with Crippen molar-refractivity contribution in [3.63, 3.8) is 0 Å². The summed E-state index contributed by atoms with van der Waals surface area (Å²) in [5.74, 6) is 3.30. The van der Waals surface area contributed by atoms with Gasteiger partial charge in [0, 0.05) is 22.4 Å². The van der Waals surface area contributed by atoms with Crippen molar-refractivity contribution in [2.24, 2.45) is 0 Å². The quantitative estimate of drug-likeness (QED) is 0.483. The number of ether oxygens (including phenoxy) is 1. The van der Waals surface area contributed by atoms with Crippen LogP contribution < -0.4 is 4.74 Å². The van der Waals surface area contributed by atoms with Gasteiger partial charge in [-0.25, -0.2) is 0 Å². The second-order valence-corrected chi connectivity index (χ2v) is 8.31. The Hall–Kier alpha value is -1.41. The molecule has 0 bridgehead atoms. The maximum absolute atomic E-state index is 6.54. The predicted octanol–water partition coefficient (Wildman–Crippen LogP) is 6.65. The summed E-state index contributed by atoms with van der Waals surface area (Å²) in [6, 6.07) is 0. The Morgan fingerprint density at radius 3 is 1.75 bits per heavy atom. The van der Waals surface area contributed by atoms with Gasteiger partial charge in [-0.3, -0.25) is 0 Å². The van der Waals surface area contributed by atoms with E-state index in [0.29, 0.717) is 0 Å². The molecule has 1 nitrogen and oxygen atoms in total. The number of hydrogen-bond donors (Lipinski definition) is 0. The van der Waals surface area contributed by atoms with Gasteiger partial charge in [-0.05, 0) is 93.2 Å². The van der Waals surface area contributed by atoms with Gasteiger partial charge in [0.15, 0.2) is 0 Å². The third kappa shape index (κ3) is 2.38. The van der Waals surface area contributed by atoms with E-state index in [9.17, 15) is 0 Å². The minimum absolute atomic E-state index is 0.989. The fraction of sp³-hybridized carbons (Fsp3) is 0.455. The molecule has 0 radical (unpaired) electrons. The topological polar surface area (TPSA) is 9.23 Å². The third-order valence-corrected chi connectivity index (χ3v) is 7.10. The van der Waals surface area contributed by atoms with E-state index in [1.807, 2.05) is 11.8 Å². The van der Waals surface area contributed by atoms with Gasteiger partial charge in [0.2, 0.25) is 0 Å². The first-order chi connectivity index (χ1) is 11.3. The Labute approximate surface area is 150 Å². The zero-order valence-electron chi connectivity index (χ0n) is 16.2. The van der Waals surface area contributed by atoms with Crippen molar-refractivity contribution in [3.05, 3.63) is 50.1 Å². The van der Waals surface area contributed by atoms with Crippen molar-refractivity contribution in [1.82, 2.24) is 0 Å². The molecular weight excluding hydrogens is 312 g/mol. The van der Waals surface area contributed by atoms with E-state index in [1.54, 1.807) is 0 Å². The number of thioether (sulfide) groups is 1. The fourth-order valence-corrected chi connectivity index (χ4v) is 4.85. The van der Waals surface area contributed by atoms with Crippen LogP contribution in [0.15, 0.2) is 4.90 Å². The lowest BCUT2D eigenvalue weighted by molar-refractivity contribution is 0.449. The van der Waals surface area contributed by atoms with Crippen LogP contribution in [0, 0.1) is 48.5 Å². The van der Waals surface area contributed by atoms with Crippen molar-refractivity contribution in [2.75, 3.05) is 5.75 Å². The predicted molar refractivity (Wildman–Crippen MR) is 105 cm³/mol. The molecular formula is C22H28OS. The van der Waals surface area contributed by atoms with Crippen LogP contribution in [-0.2, 0) is 6.42 Å². The fourth-order valence-electron chi connectivity index (χ4n) is 3.85. The molecule has 0 fully saturated rings. The van der Waals surface area contributed by atoms with E-state index in [1.165, 1.54) is 55.0 Å². The standard InChI is InChI=1S/C22H28OS/c1-9-24-22-16(7)15(6)21-19(17(22)8)10-18-13(4)11(2)12(3)14(5)20(18)23-21/h9-10H2,1-8H3. The lowest BCUT2D eigenvalue weighted by atomic mass is 9.85. The minimum atomic E-state index is 0.989. The molecule has 2 heteroatoms. The molecule has 2 aromatic carbocycles. The molecule has 128 valence electrons. The molecule has 0 aliphatic carbocycles. The van der Waals surface area contributed by atoms with Crippen molar-refractivity contribution < 1.29 is 4.74 Å². The summed E-state index contributed by atoms with van der Waals surface area (Å²) in [6.45, 7) is 17.8. The average molecular weight is 341 g/mol. The Morgan fingerprint density at radius 2 is 1.17 bits per heavy atom. The Bertz CT molecular complexity index is 847. The average Bonchev–Trinajstić information content (AvgIpc) is 2.58. The lowest BCUT2D eigenvalue weighted by Gasteiger charge is -2.30. The molecule has 0 saturated carbocycles. The smallest absolute Gasteiger partial charge is 0.134 e. The van der Waals surface area contributed by atoms with Crippen molar-refractivity contribution in [3.8, 4) is 11.5 Å². The van der Waals surface area contributed by atoms with Crippen molar-refractivity contribution in [2.45, 2.75) is 66.7 Å². The number of rotatable bonds is 2. The van der Waals surface area contributed by atoms with Gasteiger partial charge in [0.25, 0.3) is 0 Å². The molecule has 3 rings (SSSR count). The number of hydrogen-bond acceptors (Lipinski definition) is 2. The van der Waals surface area contributed by atoms with E-state index in [0.717, 1.165) is 23.7 Å². The van der Waals surface area contributed by atoms with E-state index in [2.05, 4.69) is 55.4 Å². The normalized spacial score (nSPS) is 12.7. The first kappa shape index (κ1) is 17.4. The molecule has 0 saturated heterocycles. The molecule has 0 N–H and O–H groups in total. The highest BCUT2D eigenvalue weighted by molar-refractivity contribution is 7.99. The zero-order chi connectivity index (χ0) is 17.8. The van der Waals surface area contributed by atoms with Crippen LogP contribution in [0.25, 0.3) is 0 Å². The minimum Gasteiger partial charge on any atom is -0.456 e. The number of fused-ring (bicyclic) bond motifs is 2. The van der Waals surface area contributed by atoms with Crippen LogP contribution in [-0.4, -0.2) is 5.75 Å². The highest BCUT2D eigenvalue weighted by atomic mass is 32.2. The van der Waals surface area contributed by atoms with Gasteiger partial charge in [0.05, 0.1) is 0 Å².